The first kappa shape index (κ1) is 14.6. The van der Waals surface area contributed by atoms with Crippen molar-refractivity contribution in [1.29, 1.82) is 0 Å². The zero-order chi connectivity index (χ0) is 16.1. The van der Waals surface area contributed by atoms with Gasteiger partial charge in [0.25, 0.3) is 5.56 Å². The van der Waals surface area contributed by atoms with Crippen LogP contribution in [-0.2, 0) is 6.54 Å². The molecule has 0 atom stereocenters. The summed E-state index contributed by atoms with van der Waals surface area (Å²) in [7, 11) is 0. The summed E-state index contributed by atoms with van der Waals surface area (Å²) in [5, 5.41) is 5.23. The summed E-state index contributed by atoms with van der Waals surface area (Å²) in [5.41, 5.74) is 8.37. The third-order valence-corrected chi connectivity index (χ3v) is 4.69. The maximum atomic E-state index is 12.2. The van der Waals surface area contributed by atoms with Crippen molar-refractivity contribution in [2.24, 2.45) is 5.92 Å². The van der Waals surface area contributed by atoms with E-state index >= 15 is 0 Å². The van der Waals surface area contributed by atoms with Crippen LogP contribution in [0.1, 0.15) is 12.8 Å². The average molecular weight is 349 g/mol. The van der Waals surface area contributed by atoms with Gasteiger partial charge in [0.1, 0.15) is 5.69 Å². The van der Waals surface area contributed by atoms with Gasteiger partial charge in [-0.25, -0.2) is 4.68 Å². The minimum Gasteiger partial charge on any atom is -0.399 e. The first-order valence-electron chi connectivity index (χ1n) is 7.37. The third-order valence-electron chi connectivity index (χ3n) is 4.12. The summed E-state index contributed by atoms with van der Waals surface area (Å²) in [6.07, 6.45) is 4.03. The molecule has 0 aliphatic heterocycles. The zero-order valence-electron chi connectivity index (χ0n) is 12.2. The molecule has 1 aromatic carbocycles. The average Bonchev–Trinajstić information content (AvgIpc) is 3.20. The normalized spacial score (nSPS) is 14.5. The van der Waals surface area contributed by atoms with Crippen LogP contribution < -0.4 is 11.3 Å². The van der Waals surface area contributed by atoms with Crippen LogP contribution in [0.4, 0.5) is 5.69 Å². The Labute approximate surface area is 142 Å². The quantitative estimate of drug-likeness (QED) is 0.736. The molecule has 0 unspecified atom stereocenters. The van der Waals surface area contributed by atoms with Gasteiger partial charge in [-0.2, -0.15) is 5.10 Å². The zero-order valence-corrected chi connectivity index (χ0v) is 13.7. The van der Waals surface area contributed by atoms with Crippen molar-refractivity contribution in [3.63, 3.8) is 0 Å². The standard InChI is InChI=1S/C16H14Cl2N4O/c17-11-5-10(19)6-12(18)16(11)22-13-3-4-15(23)21(8-9-1-2-9)14(13)7-20-22/h3-7,9H,1-2,8,19H2. The van der Waals surface area contributed by atoms with Crippen LogP contribution in [0.5, 0.6) is 0 Å². The smallest absolute Gasteiger partial charge is 0.251 e. The van der Waals surface area contributed by atoms with E-state index in [0.717, 1.165) is 17.6 Å². The molecule has 23 heavy (non-hydrogen) atoms. The molecule has 2 aromatic heterocycles. The first-order valence-corrected chi connectivity index (χ1v) is 8.12. The van der Waals surface area contributed by atoms with Gasteiger partial charge in [-0.1, -0.05) is 23.2 Å². The van der Waals surface area contributed by atoms with Crippen molar-refractivity contribution in [2.75, 3.05) is 5.73 Å². The Bertz CT molecular complexity index is 949. The number of fused-ring (bicyclic) bond motifs is 1. The summed E-state index contributed by atoms with van der Waals surface area (Å²) >= 11 is 12.6. The van der Waals surface area contributed by atoms with Crippen LogP contribution in [0, 0.1) is 5.92 Å². The molecule has 0 saturated heterocycles. The molecular formula is C16H14Cl2N4O. The Morgan fingerprint density at radius 2 is 1.87 bits per heavy atom. The molecule has 7 heteroatoms. The number of anilines is 1. The van der Waals surface area contributed by atoms with Crippen LogP contribution in [0.2, 0.25) is 10.0 Å². The molecule has 2 heterocycles. The van der Waals surface area contributed by atoms with E-state index in [0.29, 0.717) is 27.3 Å². The lowest BCUT2D eigenvalue weighted by molar-refractivity contribution is 0.627. The van der Waals surface area contributed by atoms with E-state index < -0.39 is 0 Å². The molecule has 1 aliphatic carbocycles. The fraction of sp³-hybridized carbons (Fsp3) is 0.250. The van der Waals surface area contributed by atoms with E-state index in [9.17, 15) is 4.79 Å². The van der Waals surface area contributed by atoms with Gasteiger partial charge in [0.15, 0.2) is 0 Å². The summed E-state index contributed by atoms with van der Waals surface area (Å²) < 4.78 is 3.43. The maximum absolute atomic E-state index is 12.2. The Kier molecular flexibility index (Phi) is 3.36. The van der Waals surface area contributed by atoms with Crippen molar-refractivity contribution < 1.29 is 0 Å². The van der Waals surface area contributed by atoms with E-state index in [1.165, 1.54) is 12.8 Å². The van der Waals surface area contributed by atoms with Gasteiger partial charge < -0.3 is 10.3 Å². The number of nitrogen functional groups attached to an aromatic ring is 1. The van der Waals surface area contributed by atoms with Gasteiger partial charge in [-0.3, -0.25) is 4.79 Å². The lowest BCUT2D eigenvalue weighted by atomic mass is 10.2. The molecule has 118 valence electrons. The van der Waals surface area contributed by atoms with Crippen molar-refractivity contribution in [3.05, 3.63) is 50.9 Å². The molecule has 0 spiro atoms. The van der Waals surface area contributed by atoms with Crippen molar-refractivity contribution in [2.45, 2.75) is 19.4 Å². The van der Waals surface area contributed by atoms with Gasteiger partial charge in [0.2, 0.25) is 0 Å². The van der Waals surface area contributed by atoms with Crippen LogP contribution in [0.25, 0.3) is 16.7 Å². The molecular weight excluding hydrogens is 335 g/mol. The highest BCUT2D eigenvalue weighted by Gasteiger charge is 2.24. The van der Waals surface area contributed by atoms with E-state index in [2.05, 4.69) is 5.10 Å². The number of benzene rings is 1. The number of hydrogen-bond donors (Lipinski definition) is 1. The highest BCUT2D eigenvalue weighted by Crippen LogP contribution is 2.34. The molecule has 4 rings (SSSR count). The Balaban J connectivity index is 1.94. The minimum atomic E-state index is -0.0153. The molecule has 0 amide bonds. The van der Waals surface area contributed by atoms with Crippen LogP contribution in [0.3, 0.4) is 0 Å². The molecule has 5 nitrogen and oxygen atoms in total. The Hall–Kier alpha value is -1.98. The number of nitrogens with two attached hydrogens (primary N) is 1. The number of rotatable bonds is 3. The Morgan fingerprint density at radius 3 is 2.52 bits per heavy atom. The van der Waals surface area contributed by atoms with Gasteiger partial charge in [-0.05, 0) is 37.0 Å². The van der Waals surface area contributed by atoms with Gasteiger partial charge >= 0.3 is 0 Å². The number of nitrogens with zero attached hydrogens (tertiary/aromatic N) is 3. The fourth-order valence-electron chi connectivity index (χ4n) is 2.78. The van der Waals surface area contributed by atoms with Crippen molar-refractivity contribution in [3.8, 4) is 5.69 Å². The highest BCUT2D eigenvalue weighted by molar-refractivity contribution is 6.38. The lowest BCUT2D eigenvalue weighted by Gasteiger charge is -2.11. The predicted octanol–water partition coefficient (Wildman–Crippen LogP) is 3.49. The first-order chi connectivity index (χ1) is 11.0. The topological polar surface area (TPSA) is 65.8 Å². The highest BCUT2D eigenvalue weighted by atomic mass is 35.5. The minimum absolute atomic E-state index is 0.0153. The van der Waals surface area contributed by atoms with Gasteiger partial charge in [-0.15, -0.1) is 0 Å². The third kappa shape index (κ3) is 2.50. The molecule has 1 fully saturated rings. The largest absolute Gasteiger partial charge is 0.399 e. The molecule has 2 N–H and O–H groups in total. The van der Waals surface area contributed by atoms with Crippen molar-refractivity contribution >= 4 is 39.9 Å². The molecule has 0 radical (unpaired) electrons. The molecule has 1 aliphatic rings. The van der Waals surface area contributed by atoms with Crippen LogP contribution >= 0.6 is 23.2 Å². The molecule has 1 saturated carbocycles. The number of aromatic nitrogens is 3. The van der Waals surface area contributed by atoms with Crippen LogP contribution in [-0.4, -0.2) is 14.3 Å². The SMILES string of the molecule is Nc1cc(Cl)c(-n2ncc3c2ccc(=O)n3CC2CC2)c(Cl)c1. The van der Waals surface area contributed by atoms with Crippen molar-refractivity contribution in [1.82, 2.24) is 14.3 Å². The maximum Gasteiger partial charge on any atom is 0.251 e. The second-order valence-corrected chi connectivity index (χ2v) is 6.70. The monoisotopic (exact) mass is 348 g/mol. The van der Waals surface area contributed by atoms with Gasteiger partial charge in [0, 0.05) is 18.3 Å². The second-order valence-electron chi connectivity index (χ2n) is 5.89. The van der Waals surface area contributed by atoms with E-state index in [1.54, 1.807) is 39.7 Å². The summed E-state index contributed by atoms with van der Waals surface area (Å²) in [4.78, 5) is 12.2. The van der Waals surface area contributed by atoms with Crippen LogP contribution in [0.15, 0.2) is 35.3 Å². The van der Waals surface area contributed by atoms with E-state index in [1.807, 2.05) is 0 Å². The summed E-state index contributed by atoms with van der Waals surface area (Å²) in [6.45, 7) is 0.727. The lowest BCUT2D eigenvalue weighted by Crippen LogP contribution is -2.20. The Morgan fingerprint density at radius 1 is 1.17 bits per heavy atom. The number of pyridine rings is 1. The van der Waals surface area contributed by atoms with E-state index in [-0.39, 0.29) is 5.56 Å². The summed E-state index contributed by atoms with van der Waals surface area (Å²) in [6, 6.07) is 6.58. The number of halogens is 2. The predicted molar refractivity (Wildman–Crippen MR) is 92.5 cm³/mol. The second kappa shape index (κ2) is 5.28. The fourth-order valence-corrected chi connectivity index (χ4v) is 3.45. The van der Waals surface area contributed by atoms with Gasteiger partial charge in [0.05, 0.1) is 27.3 Å². The molecule has 3 aromatic rings. The summed E-state index contributed by atoms with van der Waals surface area (Å²) in [5.74, 6) is 0.588. The molecule has 0 bridgehead atoms. The van der Waals surface area contributed by atoms with E-state index in [4.69, 9.17) is 28.9 Å². The number of hydrogen-bond acceptors (Lipinski definition) is 3.